The van der Waals surface area contributed by atoms with Crippen LogP contribution in [0, 0.1) is 0 Å². The number of phenolic OH excluding ortho intramolecular Hbond substituents is 1. The van der Waals surface area contributed by atoms with Gasteiger partial charge in [0.2, 0.25) is 0 Å². The molecule has 0 radical (unpaired) electrons. The fraction of sp³-hybridized carbons (Fsp3) is 0.182. The summed E-state index contributed by atoms with van der Waals surface area (Å²) in [6.07, 6.45) is -4.05. The Morgan fingerprint density at radius 3 is 1.84 bits per heavy atom. The molecule has 1 atom stereocenters. The smallest absolute Gasteiger partial charge is 0.417 e. The van der Waals surface area contributed by atoms with E-state index in [-0.39, 0.29) is 17.1 Å². The summed E-state index contributed by atoms with van der Waals surface area (Å²) in [6, 6.07) is 3.60. The highest BCUT2D eigenvalue weighted by Gasteiger charge is 2.34. The van der Waals surface area contributed by atoms with Gasteiger partial charge in [0.05, 0.1) is 0 Å². The van der Waals surface area contributed by atoms with E-state index >= 15 is 0 Å². The molecule has 0 aliphatic rings. The second-order valence-electron chi connectivity index (χ2n) is 3.66. The predicted octanol–water partition coefficient (Wildman–Crippen LogP) is 1.05. The number of carboxylic acid groups (broad SMARTS) is 3. The highest BCUT2D eigenvalue weighted by Crippen LogP contribution is 2.14. The first-order chi connectivity index (χ1) is 8.82. The summed E-state index contributed by atoms with van der Waals surface area (Å²) >= 11 is 0. The van der Waals surface area contributed by atoms with Gasteiger partial charge in [0.1, 0.15) is 11.8 Å². The zero-order valence-electron chi connectivity index (χ0n) is 9.55. The van der Waals surface area contributed by atoms with Crippen molar-refractivity contribution >= 4 is 18.2 Å². The zero-order valence-corrected chi connectivity index (χ0v) is 9.55. The van der Waals surface area contributed by atoms with E-state index in [4.69, 9.17) is 20.4 Å². The number of carbonyl (C=O) groups is 3. The molecular formula is C11H11NO7. The van der Waals surface area contributed by atoms with Crippen molar-refractivity contribution in [2.75, 3.05) is 0 Å². The minimum absolute atomic E-state index is 0.0380. The first-order valence-electron chi connectivity index (χ1n) is 5.08. The average Bonchev–Trinajstić information content (AvgIpc) is 2.29. The Morgan fingerprint density at radius 2 is 1.47 bits per heavy atom. The van der Waals surface area contributed by atoms with Gasteiger partial charge in [-0.3, -0.25) is 0 Å². The molecular weight excluding hydrogens is 258 g/mol. The third-order valence-corrected chi connectivity index (χ3v) is 2.37. The number of phenols is 1. The van der Waals surface area contributed by atoms with Crippen LogP contribution in [0.15, 0.2) is 24.3 Å². The number of nitrogens with zero attached hydrogens (tertiary/aromatic N) is 1. The molecule has 8 nitrogen and oxygen atoms in total. The standard InChI is InChI=1S/C11H11NO7/c13-7-3-1-6(2-4-7)5-8(9(14)15)12(10(16)17)11(18)19/h1-4,8,13H,5H2,(H,14,15)(H,16,17)(H,18,19)/t8-/m0/s1. The number of hydrogen-bond donors (Lipinski definition) is 4. The number of amides is 2. The molecule has 0 fully saturated rings. The summed E-state index contributed by atoms with van der Waals surface area (Å²) in [5, 5.41) is 35.5. The van der Waals surface area contributed by atoms with Gasteiger partial charge in [0.25, 0.3) is 0 Å². The summed E-state index contributed by atoms with van der Waals surface area (Å²) in [5.74, 6) is -1.61. The van der Waals surface area contributed by atoms with E-state index in [1.54, 1.807) is 0 Å². The predicted molar refractivity (Wildman–Crippen MR) is 61.1 cm³/mol. The molecule has 2 amide bonds. The first-order valence-corrected chi connectivity index (χ1v) is 5.08. The van der Waals surface area contributed by atoms with Gasteiger partial charge in [0, 0.05) is 6.42 Å². The van der Waals surface area contributed by atoms with E-state index in [1.165, 1.54) is 24.3 Å². The lowest BCUT2D eigenvalue weighted by Crippen LogP contribution is -2.48. The number of imide groups is 1. The minimum atomic E-state index is -1.86. The highest BCUT2D eigenvalue weighted by atomic mass is 16.4. The molecule has 19 heavy (non-hydrogen) atoms. The van der Waals surface area contributed by atoms with Crippen molar-refractivity contribution in [3.8, 4) is 5.75 Å². The highest BCUT2D eigenvalue weighted by molar-refractivity contribution is 5.91. The van der Waals surface area contributed by atoms with Gasteiger partial charge in [-0.25, -0.2) is 14.4 Å². The SMILES string of the molecule is O=C(O)[C@H](Cc1ccc(O)cc1)N(C(=O)O)C(=O)O. The van der Waals surface area contributed by atoms with Crippen LogP contribution < -0.4 is 0 Å². The van der Waals surface area contributed by atoms with Crippen molar-refractivity contribution in [3.05, 3.63) is 29.8 Å². The van der Waals surface area contributed by atoms with E-state index in [2.05, 4.69) is 0 Å². The van der Waals surface area contributed by atoms with Crippen molar-refractivity contribution in [2.24, 2.45) is 0 Å². The minimum Gasteiger partial charge on any atom is -0.508 e. The number of rotatable bonds is 4. The quantitative estimate of drug-likeness (QED) is 0.641. The Labute approximate surface area is 107 Å². The van der Waals surface area contributed by atoms with Crippen LogP contribution in [0.25, 0.3) is 0 Å². The second-order valence-corrected chi connectivity index (χ2v) is 3.66. The Balaban J connectivity index is 3.01. The van der Waals surface area contributed by atoms with Crippen molar-refractivity contribution in [1.82, 2.24) is 4.90 Å². The molecule has 0 spiro atoms. The van der Waals surface area contributed by atoms with Gasteiger partial charge in [0.15, 0.2) is 0 Å². The number of hydrogen-bond acceptors (Lipinski definition) is 4. The summed E-state index contributed by atoms with van der Waals surface area (Å²) in [5.41, 5.74) is 0.387. The number of aliphatic carboxylic acids is 1. The third-order valence-electron chi connectivity index (χ3n) is 2.37. The molecule has 0 aromatic heterocycles. The van der Waals surface area contributed by atoms with Crippen LogP contribution in [0.5, 0.6) is 5.75 Å². The maximum absolute atomic E-state index is 11.0. The Bertz CT molecular complexity index is 482. The number of benzene rings is 1. The van der Waals surface area contributed by atoms with Crippen molar-refractivity contribution in [1.29, 1.82) is 0 Å². The summed E-state index contributed by atoms with van der Waals surface area (Å²) in [7, 11) is 0. The monoisotopic (exact) mass is 269 g/mol. The molecule has 1 rings (SSSR count). The fourth-order valence-corrected chi connectivity index (χ4v) is 1.49. The number of carboxylic acids is 1. The Morgan fingerprint density at radius 1 is 1.00 bits per heavy atom. The van der Waals surface area contributed by atoms with Gasteiger partial charge < -0.3 is 20.4 Å². The van der Waals surface area contributed by atoms with E-state index in [9.17, 15) is 14.4 Å². The third kappa shape index (κ3) is 3.60. The van der Waals surface area contributed by atoms with Crippen LogP contribution in [0.3, 0.4) is 0 Å². The molecule has 0 saturated carbocycles. The molecule has 1 aromatic rings. The summed E-state index contributed by atoms with van der Waals surface area (Å²) in [6.45, 7) is 0. The topological polar surface area (TPSA) is 135 Å². The van der Waals surface area contributed by atoms with Crippen molar-refractivity contribution < 1.29 is 34.8 Å². The molecule has 1 aromatic carbocycles. The first kappa shape index (κ1) is 14.3. The van der Waals surface area contributed by atoms with Gasteiger partial charge in [-0.1, -0.05) is 12.1 Å². The van der Waals surface area contributed by atoms with Crippen LogP contribution in [0.4, 0.5) is 9.59 Å². The molecule has 0 aliphatic heterocycles. The molecule has 8 heteroatoms. The molecule has 4 N–H and O–H groups in total. The summed E-state index contributed by atoms with van der Waals surface area (Å²) < 4.78 is 0. The lowest BCUT2D eigenvalue weighted by Gasteiger charge is -2.21. The van der Waals surface area contributed by atoms with Crippen LogP contribution in [-0.2, 0) is 11.2 Å². The normalized spacial score (nSPS) is 11.6. The Hall–Kier alpha value is -2.77. The number of aromatic hydroxyl groups is 1. The van der Waals surface area contributed by atoms with E-state index < -0.39 is 24.2 Å². The van der Waals surface area contributed by atoms with Gasteiger partial charge in [-0.05, 0) is 17.7 Å². The average molecular weight is 269 g/mol. The van der Waals surface area contributed by atoms with Gasteiger partial charge >= 0.3 is 18.2 Å². The van der Waals surface area contributed by atoms with Crippen LogP contribution in [0.2, 0.25) is 0 Å². The van der Waals surface area contributed by atoms with Crippen LogP contribution in [0.1, 0.15) is 5.56 Å². The maximum atomic E-state index is 11.0. The van der Waals surface area contributed by atoms with E-state index in [0.717, 1.165) is 0 Å². The lowest BCUT2D eigenvalue weighted by molar-refractivity contribution is -0.142. The molecule has 102 valence electrons. The molecule has 0 bridgehead atoms. The van der Waals surface area contributed by atoms with Crippen molar-refractivity contribution in [3.63, 3.8) is 0 Å². The summed E-state index contributed by atoms with van der Waals surface area (Å²) in [4.78, 5) is 32.4. The fourth-order valence-electron chi connectivity index (χ4n) is 1.49. The largest absolute Gasteiger partial charge is 0.508 e. The molecule has 0 unspecified atom stereocenters. The van der Waals surface area contributed by atoms with Crippen LogP contribution in [-0.4, -0.2) is 49.5 Å². The van der Waals surface area contributed by atoms with Crippen molar-refractivity contribution in [2.45, 2.75) is 12.5 Å². The van der Waals surface area contributed by atoms with Crippen LogP contribution >= 0.6 is 0 Å². The molecule has 0 aliphatic carbocycles. The second kappa shape index (κ2) is 5.71. The maximum Gasteiger partial charge on any atom is 0.417 e. The van der Waals surface area contributed by atoms with E-state index in [1.807, 2.05) is 0 Å². The lowest BCUT2D eigenvalue weighted by atomic mass is 10.1. The van der Waals surface area contributed by atoms with Gasteiger partial charge in [-0.2, -0.15) is 4.90 Å². The molecule has 0 heterocycles. The zero-order chi connectivity index (χ0) is 14.6. The van der Waals surface area contributed by atoms with E-state index in [0.29, 0.717) is 5.56 Å². The molecule has 0 saturated heterocycles. The van der Waals surface area contributed by atoms with Gasteiger partial charge in [-0.15, -0.1) is 0 Å². The Kier molecular flexibility index (Phi) is 4.30.